The molecule has 0 fully saturated rings. The van der Waals surface area contributed by atoms with Crippen LogP contribution in [-0.2, 0) is 9.59 Å². The van der Waals surface area contributed by atoms with Gasteiger partial charge in [0.15, 0.2) is 5.82 Å². The average Bonchev–Trinajstić information content (AvgIpc) is 2.56. The molecule has 2 amide bonds. The molecule has 0 aliphatic carbocycles. The standard InChI is InChI=1S/C17H21N5O2/c1-10(2)16(23)22(17(24)11(3)4)14-8-20-15(21-12(14)5)13-6-18-9-19-7-13/h6-11H,1-5H3. The van der Waals surface area contributed by atoms with Gasteiger partial charge in [-0.3, -0.25) is 9.59 Å². The molecule has 0 saturated heterocycles. The summed E-state index contributed by atoms with van der Waals surface area (Å²) in [7, 11) is 0. The molecule has 0 spiro atoms. The van der Waals surface area contributed by atoms with Gasteiger partial charge in [-0.15, -0.1) is 0 Å². The summed E-state index contributed by atoms with van der Waals surface area (Å²) in [6.07, 6.45) is 6.15. The number of imide groups is 1. The lowest BCUT2D eigenvalue weighted by atomic mass is 10.1. The molecule has 0 unspecified atom stereocenters. The van der Waals surface area contributed by atoms with Crippen molar-refractivity contribution < 1.29 is 9.59 Å². The lowest BCUT2D eigenvalue weighted by molar-refractivity contribution is -0.129. The fraction of sp³-hybridized carbons (Fsp3) is 0.412. The number of carbonyl (C=O) groups is 2. The molecule has 0 N–H and O–H groups in total. The van der Waals surface area contributed by atoms with Crippen LogP contribution >= 0.6 is 0 Å². The summed E-state index contributed by atoms with van der Waals surface area (Å²) in [6, 6.07) is 0. The Morgan fingerprint density at radius 2 is 1.50 bits per heavy atom. The Hall–Kier alpha value is -2.70. The largest absolute Gasteiger partial charge is 0.274 e. The highest BCUT2D eigenvalue weighted by molar-refractivity contribution is 6.16. The number of aryl methyl sites for hydroxylation is 1. The number of carbonyl (C=O) groups excluding carboxylic acids is 2. The first-order valence-corrected chi connectivity index (χ1v) is 7.79. The van der Waals surface area contributed by atoms with E-state index in [-0.39, 0.29) is 23.7 Å². The third-order valence-corrected chi connectivity index (χ3v) is 3.44. The van der Waals surface area contributed by atoms with Gasteiger partial charge >= 0.3 is 0 Å². The highest BCUT2D eigenvalue weighted by atomic mass is 16.2. The maximum atomic E-state index is 12.5. The van der Waals surface area contributed by atoms with Crippen LogP contribution < -0.4 is 4.90 Å². The zero-order chi connectivity index (χ0) is 17.9. The monoisotopic (exact) mass is 327 g/mol. The van der Waals surface area contributed by atoms with Crippen molar-refractivity contribution in [1.29, 1.82) is 0 Å². The number of amides is 2. The lowest BCUT2D eigenvalue weighted by Gasteiger charge is -2.25. The van der Waals surface area contributed by atoms with E-state index in [4.69, 9.17) is 0 Å². The Labute approximate surface area is 141 Å². The molecule has 24 heavy (non-hydrogen) atoms. The number of hydrogen-bond acceptors (Lipinski definition) is 6. The maximum absolute atomic E-state index is 12.5. The lowest BCUT2D eigenvalue weighted by Crippen LogP contribution is -2.42. The zero-order valence-electron chi connectivity index (χ0n) is 14.5. The Morgan fingerprint density at radius 1 is 0.958 bits per heavy atom. The van der Waals surface area contributed by atoms with E-state index in [9.17, 15) is 9.59 Å². The van der Waals surface area contributed by atoms with E-state index < -0.39 is 0 Å². The first kappa shape index (κ1) is 17.7. The van der Waals surface area contributed by atoms with Crippen molar-refractivity contribution in [2.24, 2.45) is 11.8 Å². The Bertz CT molecular complexity index is 724. The third-order valence-electron chi connectivity index (χ3n) is 3.44. The third kappa shape index (κ3) is 3.61. The molecule has 126 valence electrons. The summed E-state index contributed by atoms with van der Waals surface area (Å²) < 4.78 is 0. The van der Waals surface area contributed by atoms with Gasteiger partial charge in [0.2, 0.25) is 11.8 Å². The SMILES string of the molecule is Cc1nc(-c2cncnc2)ncc1N(C(=O)C(C)C)C(=O)C(C)C. The molecule has 0 aromatic carbocycles. The van der Waals surface area contributed by atoms with E-state index >= 15 is 0 Å². The summed E-state index contributed by atoms with van der Waals surface area (Å²) in [5.74, 6) is -0.707. The van der Waals surface area contributed by atoms with Crippen LogP contribution in [0.1, 0.15) is 33.4 Å². The van der Waals surface area contributed by atoms with Gasteiger partial charge in [0.05, 0.1) is 23.1 Å². The molecular formula is C17H21N5O2. The second-order valence-corrected chi connectivity index (χ2v) is 6.11. The minimum absolute atomic E-state index is 0.267. The van der Waals surface area contributed by atoms with Gasteiger partial charge in [-0.25, -0.2) is 24.8 Å². The number of anilines is 1. The van der Waals surface area contributed by atoms with E-state index in [1.807, 2.05) is 0 Å². The minimum atomic E-state index is -0.311. The van der Waals surface area contributed by atoms with Gasteiger partial charge in [-0.2, -0.15) is 0 Å². The predicted molar refractivity (Wildman–Crippen MR) is 90.0 cm³/mol. The molecule has 0 bridgehead atoms. The summed E-state index contributed by atoms with van der Waals surface area (Å²) >= 11 is 0. The van der Waals surface area contributed by atoms with Crippen molar-refractivity contribution in [2.45, 2.75) is 34.6 Å². The summed E-state index contributed by atoms with van der Waals surface area (Å²) in [4.78, 5) is 42.8. The van der Waals surface area contributed by atoms with Crippen molar-refractivity contribution in [3.63, 3.8) is 0 Å². The fourth-order valence-corrected chi connectivity index (χ4v) is 2.10. The molecule has 2 rings (SSSR count). The summed E-state index contributed by atoms with van der Waals surface area (Å²) in [5, 5.41) is 0. The molecule has 2 aromatic rings. The van der Waals surface area contributed by atoms with Crippen LogP contribution in [0.5, 0.6) is 0 Å². The van der Waals surface area contributed by atoms with Crippen LogP contribution in [0.3, 0.4) is 0 Å². The van der Waals surface area contributed by atoms with Gasteiger partial charge in [-0.05, 0) is 6.92 Å². The first-order valence-electron chi connectivity index (χ1n) is 7.79. The molecule has 0 aliphatic rings. The summed E-state index contributed by atoms with van der Waals surface area (Å²) in [5.41, 5.74) is 1.63. The van der Waals surface area contributed by atoms with Crippen LogP contribution in [0.25, 0.3) is 11.4 Å². The molecule has 0 aliphatic heterocycles. The van der Waals surface area contributed by atoms with Gasteiger partial charge < -0.3 is 0 Å². The molecule has 2 aromatic heterocycles. The summed E-state index contributed by atoms with van der Waals surface area (Å²) in [6.45, 7) is 8.78. The minimum Gasteiger partial charge on any atom is -0.274 e. The second-order valence-electron chi connectivity index (χ2n) is 6.11. The van der Waals surface area contributed by atoms with E-state index in [0.29, 0.717) is 22.8 Å². The Morgan fingerprint density at radius 3 is 1.96 bits per heavy atom. The molecular weight excluding hydrogens is 306 g/mol. The van der Waals surface area contributed by atoms with Gasteiger partial charge in [0, 0.05) is 24.2 Å². The first-order chi connectivity index (χ1) is 11.3. The van der Waals surface area contributed by atoms with E-state index in [1.165, 1.54) is 17.4 Å². The van der Waals surface area contributed by atoms with Crippen LogP contribution in [0, 0.1) is 18.8 Å². The smallest absolute Gasteiger partial charge is 0.236 e. The highest BCUT2D eigenvalue weighted by Crippen LogP contribution is 2.24. The number of aromatic nitrogens is 4. The van der Waals surface area contributed by atoms with Crippen molar-refractivity contribution in [3.8, 4) is 11.4 Å². The van der Waals surface area contributed by atoms with Crippen LogP contribution in [-0.4, -0.2) is 31.8 Å². The second kappa shape index (κ2) is 7.25. The fourth-order valence-electron chi connectivity index (χ4n) is 2.10. The van der Waals surface area contributed by atoms with Gasteiger partial charge in [0.1, 0.15) is 6.33 Å². The number of rotatable bonds is 4. The molecule has 0 atom stereocenters. The average molecular weight is 327 g/mol. The Kier molecular flexibility index (Phi) is 5.33. The molecule has 0 radical (unpaired) electrons. The van der Waals surface area contributed by atoms with Crippen LogP contribution in [0.15, 0.2) is 24.9 Å². The van der Waals surface area contributed by atoms with Crippen molar-refractivity contribution in [1.82, 2.24) is 19.9 Å². The number of nitrogens with zero attached hydrogens (tertiary/aromatic N) is 5. The Balaban J connectivity index is 2.48. The highest BCUT2D eigenvalue weighted by Gasteiger charge is 2.29. The van der Waals surface area contributed by atoms with Crippen LogP contribution in [0.2, 0.25) is 0 Å². The van der Waals surface area contributed by atoms with Gasteiger partial charge in [0.25, 0.3) is 0 Å². The van der Waals surface area contributed by atoms with Crippen molar-refractivity contribution in [2.75, 3.05) is 4.90 Å². The quantitative estimate of drug-likeness (QED) is 0.857. The van der Waals surface area contributed by atoms with Crippen molar-refractivity contribution >= 4 is 17.5 Å². The van der Waals surface area contributed by atoms with Crippen molar-refractivity contribution in [3.05, 3.63) is 30.6 Å². The predicted octanol–water partition coefficient (Wildman–Crippen LogP) is 2.41. The van der Waals surface area contributed by atoms with E-state index in [0.717, 1.165) is 0 Å². The topological polar surface area (TPSA) is 88.9 Å². The maximum Gasteiger partial charge on any atom is 0.236 e. The normalized spacial score (nSPS) is 11.0. The number of hydrogen-bond donors (Lipinski definition) is 0. The van der Waals surface area contributed by atoms with E-state index in [2.05, 4.69) is 19.9 Å². The van der Waals surface area contributed by atoms with Gasteiger partial charge in [-0.1, -0.05) is 27.7 Å². The van der Waals surface area contributed by atoms with Crippen LogP contribution in [0.4, 0.5) is 5.69 Å². The molecule has 2 heterocycles. The zero-order valence-corrected chi connectivity index (χ0v) is 14.5. The van der Waals surface area contributed by atoms with E-state index in [1.54, 1.807) is 47.0 Å². The molecule has 7 nitrogen and oxygen atoms in total. The molecule has 0 saturated carbocycles. The molecule has 7 heteroatoms.